The highest BCUT2D eigenvalue weighted by atomic mass is 19.1. The second-order valence-corrected chi connectivity index (χ2v) is 5.83. The number of halogens is 1. The number of anilines is 1. The van der Waals surface area contributed by atoms with Gasteiger partial charge in [-0.3, -0.25) is 4.79 Å². The first kappa shape index (κ1) is 14.0. The summed E-state index contributed by atoms with van der Waals surface area (Å²) in [5.41, 5.74) is -0.388. The fourth-order valence-electron chi connectivity index (χ4n) is 3.26. The van der Waals surface area contributed by atoms with Crippen molar-refractivity contribution in [3.05, 3.63) is 29.6 Å². The van der Waals surface area contributed by atoms with Crippen LogP contribution in [-0.4, -0.2) is 30.1 Å². The molecule has 112 valence electrons. The van der Waals surface area contributed by atoms with Crippen molar-refractivity contribution in [2.45, 2.75) is 19.3 Å². The Labute approximate surface area is 121 Å². The predicted octanol–water partition coefficient (Wildman–Crippen LogP) is 1.85. The van der Waals surface area contributed by atoms with E-state index in [2.05, 4.69) is 10.6 Å². The molecule has 1 amide bonds. The highest BCUT2D eigenvalue weighted by Crippen LogP contribution is 2.58. The lowest BCUT2D eigenvalue weighted by Gasteiger charge is -2.23. The fourth-order valence-corrected chi connectivity index (χ4v) is 3.26. The van der Waals surface area contributed by atoms with Gasteiger partial charge in [0.25, 0.3) is 0 Å². The van der Waals surface area contributed by atoms with Gasteiger partial charge in [-0.05, 0) is 49.9 Å². The minimum atomic E-state index is -1.38. The Hall–Kier alpha value is -1.95. The SMILES string of the molecule is O=C(O)c1c(F)cccc1NC(=O)C1CC12CCNCC2. The fraction of sp³-hybridized carbons (Fsp3) is 0.467. The maximum atomic E-state index is 13.6. The summed E-state index contributed by atoms with van der Waals surface area (Å²) in [6.07, 6.45) is 2.75. The number of amides is 1. The number of rotatable bonds is 3. The second kappa shape index (κ2) is 5.11. The number of aromatic carboxylic acids is 1. The smallest absolute Gasteiger partial charge is 0.340 e. The lowest BCUT2D eigenvalue weighted by molar-refractivity contribution is -0.118. The van der Waals surface area contributed by atoms with Crippen molar-refractivity contribution in [1.29, 1.82) is 0 Å². The molecular formula is C15H17FN2O3. The van der Waals surface area contributed by atoms with E-state index < -0.39 is 17.3 Å². The summed E-state index contributed by atoms with van der Waals surface area (Å²) in [6, 6.07) is 3.89. The second-order valence-electron chi connectivity index (χ2n) is 5.83. The van der Waals surface area contributed by atoms with Gasteiger partial charge in [0.1, 0.15) is 11.4 Å². The molecule has 1 atom stereocenters. The zero-order valence-electron chi connectivity index (χ0n) is 11.5. The molecule has 1 aromatic carbocycles. The van der Waals surface area contributed by atoms with Crippen LogP contribution in [0.25, 0.3) is 0 Å². The Bertz CT molecular complexity index is 597. The number of carboxylic acids is 1. The lowest BCUT2D eigenvalue weighted by atomic mass is 9.91. The molecule has 1 heterocycles. The van der Waals surface area contributed by atoms with Gasteiger partial charge >= 0.3 is 5.97 Å². The first-order valence-electron chi connectivity index (χ1n) is 7.07. The molecule has 1 spiro atoms. The standard InChI is InChI=1S/C15H17FN2O3/c16-10-2-1-3-11(12(10)14(20)21)18-13(19)9-8-15(9)4-6-17-7-5-15/h1-3,9,17H,4-8H2,(H,18,19)(H,20,21). The zero-order valence-corrected chi connectivity index (χ0v) is 11.5. The average molecular weight is 292 g/mol. The number of hydrogen-bond donors (Lipinski definition) is 3. The number of carbonyl (C=O) groups excluding carboxylic acids is 1. The van der Waals surface area contributed by atoms with E-state index in [1.54, 1.807) is 0 Å². The van der Waals surface area contributed by atoms with Crippen LogP contribution in [0.2, 0.25) is 0 Å². The lowest BCUT2D eigenvalue weighted by Crippen LogP contribution is -2.31. The minimum Gasteiger partial charge on any atom is -0.478 e. The number of carboxylic acid groups (broad SMARTS) is 1. The molecule has 2 fully saturated rings. The largest absolute Gasteiger partial charge is 0.478 e. The average Bonchev–Trinajstić information content (AvgIpc) is 3.13. The van der Waals surface area contributed by atoms with Gasteiger partial charge < -0.3 is 15.7 Å². The van der Waals surface area contributed by atoms with E-state index in [-0.39, 0.29) is 22.9 Å². The molecule has 0 aromatic heterocycles. The molecule has 1 saturated heterocycles. The van der Waals surface area contributed by atoms with Crippen molar-refractivity contribution in [2.24, 2.45) is 11.3 Å². The van der Waals surface area contributed by atoms with Gasteiger partial charge in [-0.15, -0.1) is 0 Å². The summed E-state index contributed by atoms with van der Waals surface area (Å²) in [5, 5.41) is 14.9. The quantitative estimate of drug-likeness (QED) is 0.794. The van der Waals surface area contributed by atoms with E-state index in [1.165, 1.54) is 12.1 Å². The van der Waals surface area contributed by atoms with Crippen LogP contribution in [0.5, 0.6) is 0 Å². The molecule has 1 aliphatic carbocycles. The van der Waals surface area contributed by atoms with Gasteiger partial charge in [0.2, 0.25) is 5.91 Å². The Kier molecular flexibility index (Phi) is 3.41. The summed E-state index contributed by atoms with van der Waals surface area (Å²) in [6.45, 7) is 1.81. The normalized spacial score (nSPS) is 22.8. The zero-order chi connectivity index (χ0) is 15.0. The molecule has 1 aliphatic heterocycles. The molecular weight excluding hydrogens is 275 g/mol. The Balaban J connectivity index is 1.75. The minimum absolute atomic E-state index is 0.0310. The molecule has 2 aliphatic rings. The molecule has 5 nitrogen and oxygen atoms in total. The third kappa shape index (κ3) is 2.51. The van der Waals surface area contributed by atoms with E-state index in [0.29, 0.717) is 0 Å². The Morgan fingerprint density at radius 3 is 2.71 bits per heavy atom. The molecule has 1 saturated carbocycles. The van der Waals surface area contributed by atoms with Crippen molar-refractivity contribution in [2.75, 3.05) is 18.4 Å². The third-order valence-corrected chi connectivity index (χ3v) is 4.59. The summed E-state index contributed by atoms with van der Waals surface area (Å²) < 4.78 is 13.6. The monoisotopic (exact) mass is 292 g/mol. The van der Waals surface area contributed by atoms with Crippen LogP contribution >= 0.6 is 0 Å². The number of piperidine rings is 1. The van der Waals surface area contributed by atoms with Crippen molar-refractivity contribution in [3.63, 3.8) is 0 Å². The van der Waals surface area contributed by atoms with Crippen molar-refractivity contribution >= 4 is 17.6 Å². The van der Waals surface area contributed by atoms with Crippen LogP contribution in [-0.2, 0) is 4.79 Å². The topological polar surface area (TPSA) is 78.4 Å². The number of nitrogens with one attached hydrogen (secondary N) is 2. The summed E-state index contributed by atoms with van der Waals surface area (Å²) in [7, 11) is 0. The van der Waals surface area contributed by atoms with E-state index >= 15 is 0 Å². The van der Waals surface area contributed by atoms with Crippen LogP contribution in [0.15, 0.2) is 18.2 Å². The summed E-state index contributed by atoms with van der Waals surface area (Å²) in [5.74, 6) is -2.52. The van der Waals surface area contributed by atoms with Gasteiger partial charge in [0.15, 0.2) is 0 Å². The van der Waals surface area contributed by atoms with E-state index in [9.17, 15) is 14.0 Å². The highest BCUT2D eigenvalue weighted by Gasteiger charge is 2.57. The van der Waals surface area contributed by atoms with E-state index in [1.807, 2.05) is 0 Å². The number of carbonyl (C=O) groups is 2. The van der Waals surface area contributed by atoms with Crippen LogP contribution < -0.4 is 10.6 Å². The molecule has 0 radical (unpaired) electrons. The molecule has 1 aromatic rings. The van der Waals surface area contributed by atoms with Gasteiger partial charge in [-0.25, -0.2) is 9.18 Å². The molecule has 21 heavy (non-hydrogen) atoms. The van der Waals surface area contributed by atoms with Gasteiger partial charge in [0, 0.05) is 5.92 Å². The van der Waals surface area contributed by atoms with Crippen molar-refractivity contribution in [1.82, 2.24) is 5.32 Å². The first-order chi connectivity index (χ1) is 10.0. The maximum Gasteiger partial charge on any atom is 0.340 e. The number of hydrogen-bond acceptors (Lipinski definition) is 3. The molecule has 0 bridgehead atoms. The predicted molar refractivity (Wildman–Crippen MR) is 74.6 cm³/mol. The Morgan fingerprint density at radius 2 is 2.05 bits per heavy atom. The van der Waals surface area contributed by atoms with Gasteiger partial charge in [-0.1, -0.05) is 6.07 Å². The van der Waals surface area contributed by atoms with E-state index in [4.69, 9.17) is 5.11 Å². The van der Waals surface area contributed by atoms with Crippen molar-refractivity contribution < 1.29 is 19.1 Å². The molecule has 6 heteroatoms. The number of benzene rings is 1. The van der Waals surface area contributed by atoms with Crippen LogP contribution in [0.4, 0.5) is 10.1 Å². The third-order valence-electron chi connectivity index (χ3n) is 4.59. The maximum absolute atomic E-state index is 13.6. The Morgan fingerprint density at radius 1 is 1.33 bits per heavy atom. The van der Waals surface area contributed by atoms with Gasteiger partial charge in [0.05, 0.1) is 5.69 Å². The van der Waals surface area contributed by atoms with Gasteiger partial charge in [-0.2, -0.15) is 0 Å². The molecule has 1 unspecified atom stereocenters. The van der Waals surface area contributed by atoms with Crippen LogP contribution in [0, 0.1) is 17.2 Å². The molecule has 3 N–H and O–H groups in total. The summed E-state index contributed by atoms with van der Waals surface area (Å²) >= 11 is 0. The van der Waals surface area contributed by atoms with Crippen LogP contribution in [0.1, 0.15) is 29.6 Å². The summed E-state index contributed by atoms with van der Waals surface area (Å²) in [4.78, 5) is 23.4. The van der Waals surface area contributed by atoms with Crippen molar-refractivity contribution in [3.8, 4) is 0 Å². The highest BCUT2D eigenvalue weighted by molar-refractivity contribution is 6.02. The first-order valence-corrected chi connectivity index (χ1v) is 7.07. The molecule has 3 rings (SSSR count). The van der Waals surface area contributed by atoms with E-state index in [0.717, 1.165) is 38.4 Å². The van der Waals surface area contributed by atoms with Crippen LogP contribution in [0.3, 0.4) is 0 Å².